The van der Waals surface area contributed by atoms with E-state index in [-0.39, 0.29) is 23.6 Å². The molecule has 0 spiro atoms. The van der Waals surface area contributed by atoms with Crippen molar-refractivity contribution in [2.24, 2.45) is 4.99 Å². The Hall–Kier alpha value is -3.36. The van der Waals surface area contributed by atoms with Crippen LogP contribution in [0.3, 0.4) is 0 Å². The van der Waals surface area contributed by atoms with Gasteiger partial charge in [-0.3, -0.25) is 9.59 Å². The van der Waals surface area contributed by atoms with Crippen LogP contribution in [0.4, 0.5) is 0 Å². The SMILES string of the molecule is CC(=O)c1cccc(S(=O)(=O)NCCC(=O)N=c2ccccn2Cc2ccc(C)cc2)c1. The third-order valence-corrected chi connectivity index (χ3v) is 6.27. The number of nitrogens with one attached hydrogen (secondary N) is 1. The van der Waals surface area contributed by atoms with Gasteiger partial charge in [-0.25, -0.2) is 13.1 Å². The minimum Gasteiger partial charge on any atom is -0.329 e. The number of amides is 1. The number of aromatic nitrogens is 1. The second-order valence-electron chi connectivity index (χ2n) is 7.41. The van der Waals surface area contributed by atoms with Crippen molar-refractivity contribution in [2.75, 3.05) is 6.54 Å². The maximum absolute atomic E-state index is 12.5. The van der Waals surface area contributed by atoms with Gasteiger partial charge >= 0.3 is 0 Å². The van der Waals surface area contributed by atoms with E-state index in [1.807, 2.05) is 48.0 Å². The van der Waals surface area contributed by atoms with Crippen LogP contribution in [-0.4, -0.2) is 31.2 Å². The lowest BCUT2D eigenvalue weighted by atomic mass is 10.1. The standard InChI is InChI=1S/C24H25N3O4S/c1-18-9-11-20(12-10-18)17-27-15-4-3-8-23(27)26-24(29)13-14-25-32(30,31)22-7-5-6-21(16-22)19(2)28/h3-12,15-16,25H,13-14,17H2,1-2H3. The molecule has 1 aromatic heterocycles. The van der Waals surface area contributed by atoms with Gasteiger partial charge in [0.15, 0.2) is 5.78 Å². The Morgan fingerprint density at radius 1 is 1.00 bits per heavy atom. The minimum absolute atomic E-state index is 0.0198. The van der Waals surface area contributed by atoms with E-state index in [0.29, 0.717) is 17.6 Å². The highest BCUT2D eigenvalue weighted by Crippen LogP contribution is 2.12. The quantitative estimate of drug-likeness (QED) is 0.533. The van der Waals surface area contributed by atoms with Crippen molar-refractivity contribution in [1.82, 2.24) is 9.29 Å². The lowest BCUT2D eigenvalue weighted by Gasteiger charge is -2.08. The summed E-state index contributed by atoms with van der Waals surface area (Å²) in [5.74, 6) is -0.660. The summed E-state index contributed by atoms with van der Waals surface area (Å²) in [6, 6.07) is 19.3. The molecule has 0 fully saturated rings. The van der Waals surface area contributed by atoms with Gasteiger partial charge in [0.05, 0.1) is 4.90 Å². The maximum atomic E-state index is 12.5. The predicted octanol–water partition coefficient (Wildman–Crippen LogP) is 2.84. The number of nitrogens with zero attached hydrogens (tertiary/aromatic N) is 2. The van der Waals surface area contributed by atoms with Gasteiger partial charge in [-0.15, -0.1) is 0 Å². The van der Waals surface area contributed by atoms with Crippen molar-refractivity contribution in [3.05, 3.63) is 95.1 Å². The van der Waals surface area contributed by atoms with Gasteiger partial charge in [-0.2, -0.15) is 4.99 Å². The Morgan fingerprint density at radius 2 is 1.75 bits per heavy atom. The Bertz CT molecular complexity index is 1290. The third-order valence-electron chi connectivity index (χ3n) is 4.81. The van der Waals surface area contributed by atoms with Crippen LogP contribution in [0.1, 0.15) is 34.8 Å². The van der Waals surface area contributed by atoms with Gasteiger partial charge in [0.1, 0.15) is 5.49 Å². The van der Waals surface area contributed by atoms with Crippen LogP contribution in [-0.2, 0) is 21.4 Å². The summed E-state index contributed by atoms with van der Waals surface area (Å²) in [4.78, 5) is 28.0. The topological polar surface area (TPSA) is 97.6 Å². The first kappa shape index (κ1) is 23.3. The zero-order valence-corrected chi connectivity index (χ0v) is 18.8. The van der Waals surface area contributed by atoms with E-state index in [9.17, 15) is 18.0 Å². The number of sulfonamides is 1. The highest BCUT2D eigenvalue weighted by molar-refractivity contribution is 7.89. The molecule has 0 aliphatic rings. The number of aryl methyl sites for hydroxylation is 1. The summed E-state index contributed by atoms with van der Waals surface area (Å²) in [5, 5.41) is 0. The van der Waals surface area contributed by atoms with Crippen molar-refractivity contribution in [3.8, 4) is 0 Å². The molecule has 2 aromatic carbocycles. The summed E-state index contributed by atoms with van der Waals surface area (Å²) in [6.07, 6.45) is 1.75. The van der Waals surface area contributed by atoms with Crippen LogP contribution >= 0.6 is 0 Å². The van der Waals surface area contributed by atoms with Crippen LogP contribution in [0, 0.1) is 6.92 Å². The van der Waals surface area contributed by atoms with Crippen molar-refractivity contribution < 1.29 is 18.0 Å². The summed E-state index contributed by atoms with van der Waals surface area (Å²) in [7, 11) is -3.84. The summed E-state index contributed by atoms with van der Waals surface area (Å²) in [6.45, 7) is 3.85. The fourth-order valence-corrected chi connectivity index (χ4v) is 4.11. The lowest BCUT2D eigenvalue weighted by Crippen LogP contribution is -2.27. The van der Waals surface area contributed by atoms with Crippen LogP contribution in [0.5, 0.6) is 0 Å². The van der Waals surface area contributed by atoms with E-state index in [0.717, 1.165) is 5.56 Å². The van der Waals surface area contributed by atoms with Crippen LogP contribution in [0.2, 0.25) is 0 Å². The van der Waals surface area contributed by atoms with E-state index >= 15 is 0 Å². The number of Topliss-reactive ketones (excluding diaryl/α,β-unsaturated/α-hetero) is 1. The molecule has 3 aromatic rings. The first-order valence-electron chi connectivity index (χ1n) is 10.1. The molecule has 0 bridgehead atoms. The smallest absolute Gasteiger partial charge is 0.248 e. The molecule has 0 unspecified atom stereocenters. The van der Waals surface area contributed by atoms with Crippen LogP contribution < -0.4 is 10.2 Å². The van der Waals surface area contributed by atoms with Crippen molar-refractivity contribution in [2.45, 2.75) is 31.7 Å². The Balaban J connectivity index is 1.66. The molecule has 8 heteroatoms. The van der Waals surface area contributed by atoms with Crippen molar-refractivity contribution in [3.63, 3.8) is 0 Å². The number of carbonyl (C=O) groups is 2. The molecular formula is C24H25N3O4S. The monoisotopic (exact) mass is 451 g/mol. The first-order chi connectivity index (χ1) is 15.2. The van der Waals surface area contributed by atoms with Gasteiger partial charge in [-0.1, -0.05) is 48.0 Å². The average molecular weight is 452 g/mol. The average Bonchev–Trinajstić information content (AvgIpc) is 2.76. The summed E-state index contributed by atoms with van der Waals surface area (Å²) >= 11 is 0. The van der Waals surface area contributed by atoms with E-state index in [1.54, 1.807) is 18.2 Å². The fraction of sp³-hybridized carbons (Fsp3) is 0.208. The molecular weight excluding hydrogens is 426 g/mol. The number of ketones is 1. The van der Waals surface area contributed by atoms with Gasteiger partial charge < -0.3 is 4.57 Å². The van der Waals surface area contributed by atoms with Gasteiger partial charge in [-0.05, 0) is 43.7 Å². The number of hydrogen-bond acceptors (Lipinski definition) is 4. The molecule has 1 amide bonds. The molecule has 0 aliphatic heterocycles. The fourth-order valence-electron chi connectivity index (χ4n) is 3.03. The Morgan fingerprint density at radius 3 is 2.47 bits per heavy atom. The molecule has 0 aliphatic carbocycles. The van der Waals surface area contributed by atoms with Gasteiger partial charge in [0.2, 0.25) is 15.9 Å². The Kier molecular flexibility index (Phi) is 7.50. The number of pyridine rings is 1. The second-order valence-corrected chi connectivity index (χ2v) is 9.18. The molecule has 0 saturated carbocycles. The molecule has 166 valence electrons. The van der Waals surface area contributed by atoms with Gasteiger partial charge in [0.25, 0.3) is 0 Å². The van der Waals surface area contributed by atoms with E-state index in [1.165, 1.54) is 30.7 Å². The molecule has 7 nitrogen and oxygen atoms in total. The molecule has 0 atom stereocenters. The molecule has 3 rings (SSSR count). The maximum Gasteiger partial charge on any atom is 0.248 e. The summed E-state index contributed by atoms with van der Waals surface area (Å²) in [5.41, 5.74) is 3.05. The number of carbonyl (C=O) groups excluding carboxylic acids is 2. The summed E-state index contributed by atoms with van der Waals surface area (Å²) < 4.78 is 29.2. The Labute approximate surface area is 187 Å². The lowest BCUT2D eigenvalue weighted by molar-refractivity contribution is -0.117. The first-order valence-corrected chi connectivity index (χ1v) is 11.6. The zero-order valence-electron chi connectivity index (χ0n) is 18.0. The zero-order chi connectivity index (χ0) is 23.1. The number of benzene rings is 2. The largest absolute Gasteiger partial charge is 0.329 e. The molecule has 1 N–H and O–H groups in total. The van der Waals surface area contributed by atoms with Crippen molar-refractivity contribution in [1.29, 1.82) is 0 Å². The highest BCUT2D eigenvalue weighted by Gasteiger charge is 2.15. The predicted molar refractivity (Wildman–Crippen MR) is 122 cm³/mol. The van der Waals surface area contributed by atoms with E-state index in [4.69, 9.17) is 0 Å². The molecule has 0 radical (unpaired) electrons. The molecule has 1 heterocycles. The van der Waals surface area contributed by atoms with Crippen LogP contribution in [0.25, 0.3) is 0 Å². The van der Waals surface area contributed by atoms with Gasteiger partial charge in [0, 0.05) is 31.3 Å². The van der Waals surface area contributed by atoms with Crippen LogP contribution in [0.15, 0.2) is 82.8 Å². The third kappa shape index (κ3) is 6.32. The number of hydrogen-bond donors (Lipinski definition) is 1. The second kappa shape index (κ2) is 10.3. The highest BCUT2D eigenvalue weighted by atomic mass is 32.2. The number of rotatable bonds is 8. The van der Waals surface area contributed by atoms with E-state index in [2.05, 4.69) is 9.71 Å². The van der Waals surface area contributed by atoms with E-state index < -0.39 is 15.9 Å². The normalized spacial score (nSPS) is 12.0. The molecule has 32 heavy (non-hydrogen) atoms. The minimum atomic E-state index is -3.84. The van der Waals surface area contributed by atoms with Crippen molar-refractivity contribution >= 4 is 21.7 Å². The molecule has 0 saturated heterocycles.